The Hall–Kier alpha value is -1.44. The van der Waals surface area contributed by atoms with Crippen molar-refractivity contribution in [1.29, 1.82) is 0 Å². The largest absolute Gasteiger partial charge is 0.285 e. The minimum Gasteiger partial charge on any atom is -0.266 e. The molecule has 1 aliphatic heterocycles. The van der Waals surface area contributed by atoms with Crippen molar-refractivity contribution < 1.29 is 22.8 Å². The Morgan fingerprint density at radius 2 is 1.50 bits per heavy atom. The second-order valence-corrected chi connectivity index (χ2v) is 7.84. The van der Waals surface area contributed by atoms with Crippen LogP contribution in [0.3, 0.4) is 0 Å². The van der Waals surface area contributed by atoms with Gasteiger partial charge in [-0.05, 0) is 25.0 Å². The summed E-state index contributed by atoms with van der Waals surface area (Å²) in [6.07, 6.45) is 2.53. The molecule has 0 fully saturated rings. The number of nitrogens with zero attached hydrogens (tertiary/aromatic N) is 1. The Morgan fingerprint density at radius 1 is 0.955 bits per heavy atom. The highest BCUT2D eigenvalue weighted by Gasteiger charge is 2.36. The van der Waals surface area contributed by atoms with Crippen LogP contribution in [0.4, 0.5) is 0 Å². The lowest BCUT2D eigenvalue weighted by atomic mass is 10.1. The van der Waals surface area contributed by atoms with Gasteiger partial charge in [-0.25, -0.2) is 8.42 Å². The minimum absolute atomic E-state index is 0.0478. The number of unbranched alkanes of at least 4 members (excludes halogenated alkanes) is 3. The van der Waals surface area contributed by atoms with E-state index in [-0.39, 0.29) is 12.4 Å². The minimum atomic E-state index is -3.43. The molecule has 8 heteroatoms. The Morgan fingerprint density at radius 3 is 2.05 bits per heavy atom. The standard InChI is InChI=1S/C14H16ClNO5S/c15-22(19,20)10-6-2-1-5-9-21-16-13(17)11-7-3-4-8-12(11)14(16)18/h3-4,7-8H,1-2,5-6,9-10H2. The van der Waals surface area contributed by atoms with Gasteiger partial charge in [0.1, 0.15) is 0 Å². The van der Waals surface area contributed by atoms with Crippen LogP contribution < -0.4 is 0 Å². The van der Waals surface area contributed by atoms with Gasteiger partial charge in [-0.15, -0.1) is 5.06 Å². The molecule has 0 saturated carbocycles. The molecule has 22 heavy (non-hydrogen) atoms. The number of hydrogen-bond acceptors (Lipinski definition) is 5. The third-order valence-corrected chi connectivity index (χ3v) is 4.50. The Balaban J connectivity index is 1.71. The topological polar surface area (TPSA) is 80.8 Å². The molecule has 1 aliphatic rings. The fourth-order valence-electron chi connectivity index (χ4n) is 2.17. The zero-order valence-corrected chi connectivity index (χ0v) is 13.4. The summed E-state index contributed by atoms with van der Waals surface area (Å²) in [5, 5.41) is 0.786. The van der Waals surface area contributed by atoms with Crippen LogP contribution in [0.25, 0.3) is 0 Å². The average Bonchev–Trinajstić information content (AvgIpc) is 2.70. The van der Waals surface area contributed by atoms with Crippen molar-refractivity contribution in [2.45, 2.75) is 25.7 Å². The SMILES string of the molecule is O=C1c2ccccc2C(=O)N1OCCCCCCS(=O)(=O)Cl. The maximum atomic E-state index is 12.0. The van der Waals surface area contributed by atoms with E-state index >= 15 is 0 Å². The first-order chi connectivity index (χ1) is 10.4. The van der Waals surface area contributed by atoms with Crippen molar-refractivity contribution in [1.82, 2.24) is 5.06 Å². The lowest BCUT2D eigenvalue weighted by molar-refractivity contribution is -0.0922. The van der Waals surface area contributed by atoms with E-state index in [2.05, 4.69) is 0 Å². The van der Waals surface area contributed by atoms with Crippen molar-refractivity contribution in [3.63, 3.8) is 0 Å². The van der Waals surface area contributed by atoms with Crippen LogP contribution >= 0.6 is 10.7 Å². The highest BCUT2D eigenvalue weighted by Crippen LogP contribution is 2.22. The molecule has 1 aromatic rings. The van der Waals surface area contributed by atoms with Crippen LogP contribution in [0, 0.1) is 0 Å². The Labute approximate surface area is 133 Å². The van der Waals surface area contributed by atoms with Crippen molar-refractivity contribution in [3.05, 3.63) is 35.4 Å². The number of hydroxylamine groups is 2. The van der Waals surface area contributed by atoms with Crippen LogP contribution in [0.15, 0.2) is 24.3 Å². The quantitative estimate of drug-likeness (QED) is 0.410. The summed E-state index contributed by atoms with van der Waals surface area (Å²) in [6.45, 7) is 0.221. The zero-order valence-electron chi connectivity index (χ0n) is 11.8. The van der Waals surface area contributed by atoms with E-state index in [0.717, 1.165) is 11.5 Å². The van der Waals surface area contributed by atoms with Crippen molar-refractivity contribution in [3.8, 4) is 0 Å². The number of rotatable bonds is 8. The van der Waals surface area contributed by atoms with Crippen molar-refractivity contribution in [2.24, 2.45) is 0 Å². The van der Waals surface area contributed by atoms with Gasteiger partial charge in [0.05, 0.1) is 23.5 Å². The maximum absolute atomic E-state index is 12.0. The fraction of sp³-hybridized carbons (Fsp3) is 0.429. The van der Waals surface area contributed by atoms with Crippen molar-refractivity contribution >= 4 is 31.5 Å². The van der Waals surface area contributed by atoms with Gasteiger partial charge in [0.2, 0.25) is 9.05 Å². The van der Waals surface area contributed by atoms with Crippen LogP contribution in [-0.2, 0) is 13.9 Å². The predicted octanol–water partition coefficient (Wildman–Crippen LogP) is 2.34. The van der Waals surface area contributed by atoms with Gasteiger partial charge < -0.3 is 0 Å². The van der Waals surface area contributed by atoms with E-state index in [0.29, 0.717) is 30.4 Å². The third kappa shape index (κ3) is 4.28. The third-order valence-electron chi connectivity index (χ3n) is 3.26. The number of benzene rings is 1. The van der Waals surface area contributed by atoms with Crippen LogP contribution in [0.2, 0.25) is 0 Å². The molecule has 2 rings (SSSR count). The average molecular weight is 346 g/mol. The first-order valence-electron chi connectivity index (χ1n) is 6.93. The van der Waals surface area contributed by atoms with Crippen LogP contribution in [0.5, 0.6) is 0 Å². The summed E-state index contributed by atoms with van der Waals surface area (Å²) in [6, 6.07) is 6.56. The van der Waals surface area contributed by atoms with Gasteiger partial charge in [-0.1, -0.05) is 25.0 Å². The molecule has 2 amide bonds. The molecule has 0 spiro atoms. The highest BCUT2D eigenvalue weighted by molar-refractivity contribution is 8.13. The second kappa shape index (κ2) is 7.21. The van der Waals surface area contributed by atoms with Gasteiger partial charge in [-0.2, -0.15) is 0 Å². The first-order valence-corrected chi connectivity index (χ1v) is 9.41. The molecule has 0 saturated heterocycles. The molecule has 1 aromatic carbocycles. The summed E-state index contributed by atoms with van der Waals surface area (Å²) in [4.78, 5) is 29.2. The van der Waals surface area contributed by atoms with E-state index in [9.17, 15) is 18.0 Å². The number of carbonyl (C=O) groups excluding carboxylic acids is 2. The number of amides is 2. The number of halogens is 1. The molecular formula is C14H16ClNO5S. The van der Waals surface area contributed by atoms with E-state index in [4.69, 9.17) is 15.5 Å². The molecule has 0 atom stereocenters. The molecule has 0 aliphatic carbocycles. The molecule has 120 valence electrons. The molecule has 0 unspecified atom stereocenters. The smallest absolute Gasteiger partial charge is 0.266 e. The molecule has 0 aromatic heterocycles. The van der Waals surface area contributed by atoms with E-state index in [1.165, 1.54) is 0 Å². The number of carbonyl (C=O) groups is 2. The number of hydrogen-bond donors (Lipinski definition) is 0. The summed E-state index contributed by atoms with van der Waals surface area (Å²) >= 11 is 0. The molecule has 6 nitrogen and oxygen atoms in total. The van der Waals surface area contributed by atoms with Crippen molar-refractivity contribution in [2.75, 3.05) is 12.4 Å². The van der Waals surface area contributed by atoms with Gasteiger partial charge >= 0.3 is 0 Å². The molecular weight excluding hydrogens is 330 g/mol. The summed E-state index contributed by atoms with van der Waals surface area (Å²) in [7, 11) is 1.67. The lowest BCUT2D eigenvalue weighted by Gasteiger charge is -2.13. The molecule has 0 radical (unpaired) electrons. The van der Waals surface area contributed by atoms with E-state index in [1.54, 1.807) is 24.3 Å². The Kier molecular flexibility index (Phi) is 5.55. The highest BCUT2D eigenvalue weighted by atomic mass is 35.7. The van der Waals surface area contributed by atoms with E-state index < -0.39 is 20.9 Å². The maximum Gasteiger partial charge on any atom is 0.285 e. The lowest BCUT2D eigenvalue weighted by Crippen LogP contribution is -2.30. The summed E-state index contributed by atoms with van der Waals surface area (Å²) in [5.74, 6) is -0.948. The fourth-order valence-corrected chi connectivity index (χ4v) is 3.05. The monoisotopic (exact) mass is 345 g/mol. The predicted molar refractivity (Wildman–Crippen MR) is 81.0 cm³/mol. The summed E-state index contributed by atoms with van der Waals surface area (Å²) in [5.41, 5.74) is 0.694. The molecule has 0 N–H and O–H groups in total. The Bertz CT molecular complexity index is 639. The van der Waals surface area contributed by atoms with Crippen LogP contribution in [-0.4, -0.2) is 37.7 Å². The molecule has 0 bridgehead atoms. The second-order valence-electron chi connectivity index (χ2n) is 4.94. The van der Waals surface area contributed by atoms with Gasteiger partial charge in [0.15, 0.2) is 0 Å². The zero-order chi connectivity index (χ0) is 16.2. The van der Waals surface area contributed by atoms with E-state index in [1.807, 2.05) is 0 Å². The molecule has 1 heterocycles. The summed E-state index contributed by atoms with van der Waals surface area (Å²) < 4.78 is 21.5. The number of fused-ring (bicyclic) bond motifs is 1. The number of imide groups is 1. The van der Waals surface area contributed by atoms with Crippen LogP contribution in [0.1, 0.15) is 46.4 Å². The first kappa shape index (κ1) is 16.9. The van der Waals surface area contributed by atoms with Gasteiger partial charge in [0, 0.05) is 10.7 Å². The van der Waals surface area contributed by atoms with Gasteiger partial charge in [0.25, 0.3) is 11.8 Å². The normalized spacial score (nSPS) is 14.5. The van der Waals surface area contributed by atoms with Gasteiger partial charge in [-0.3, -0.25) is 14.4 Å².